The van der Waals surface area contributed by atoms with Gasteiger partial charge in [0.1, 0.15) is 0 Å². The number of anilines is 1. The van der Waals surface area contributed by atoms with E-state index >= 15 is 0 Å². The van der Waals surface area contributed by atoms with Gasteiger partial charge in [-0.2, -0.15) is 5.10 Å². The van der Waals surface area contributed by atoms with Crippen molar-refractivity contribution in [2.45, 2.75) is 0 Å². The molecule has 3 aromatic heterocycles. The van der Waals surface area contributed by atoms with E-state index in [1.807, 2.05) is 41.4 Å². The Kier molecular flexibility index (Phi) is 3.94. The minimum atomic E-state index is 0.0911. The standard InChI is InChI=1S/C20H19N5OS/c26-20(15-13-21-16-5-2-1-4-14(15)16)25-9-7-24(8-10-25)19-12-17(22-23-19)18-6-3-11-27-18/h1-6,11-13,21H,7-10H2,(H,22,23). The molecule has 1 amide bonds. The van der Waals surface area contributed by atoms with Gasteiger partial charge in [0.25, 0.3) is 5.91 Å². The van der Waals surface area contributed by atoms with Crippen molar-refractivity contribution in [3.05, 3.63) is 59.6 Å². The average Bonchev–Trinajstić information content (AvgIpc) is 3.47. The summed E-state index contributed by atoms with van der Waals surface area (Å²) >= 11 is 1.69. The lowest BCUT2D eigenvalue weighted by Gasteiger charge is -2.34. The molecule has 0 radical (unpaired) electrons. The summed E-state index contributed by atoms with van der Waals surface area (Å²) in [5.74, 6) is 1.03. The van der Waals surface area contributed by atoms with E-state index < -0.39 is 0 Å². The Balaban J connectivity index is 1.28. The number of piperazine rings is 1. The van der Waals surface area contributed by atoms with Gasteiger partial charge in [-0.1, -0.05) is 24.3 Å². The molecule has 1 saturated heterocycles. The van der Waals surface area contributed by atoms with Gasteiger partial charge in [0.05, 0.1) is 16.1 Å². The van der Waals surface area contributed by atoms with Gasteiger partial charge in [0.15, 0.2) is 5.82 Å². The quantitative estimate of drug-likeness (QED) is 0.573. The van der Waals surface area contributed by atoms with Gasteiger partial charge < -0.3 is 14.8 Å². The predicted molar refractivity (Wildman–Crippen MR) is 108 cm³/mol. The number of fused-ring (bicyclic) bond motifs is 1. The zero-order valence-corrected chi connectivity index (χ0v) is 15.5. The fourth-order valence-electron chi connectivity index (χ4n) is 3.59. The monoisotopic (exact) mass is 377 g/mol. The van der Waals surface area contributed by atoms with Crippen LogP contribution in [0.15, 0.2) is 54.0 Å². The molecule has 1 aromatic carbocycles. The lowest BCUT2D eigenvalue weighted by atomic mass is 10.1. The van der Waals surface area contributed by atoms with Gasteiger partial charge in [0, 0.05) is 49.3 Å². The smallest absolute Gasteiger partial charge is 0.256 e. The Morgan fingerprint density at radius 1 is 1.07 bits per heavy atom. The van der Waals surface area contributed by atoms with Crippen LogP contribution in [0.1, 0.15) is 10.4 Å². The van der Waals surface area contributed by atoms with Crippen LogP contribution in [0.25, 0.3) is 21.5 Å². The summed E-state index contributed by atoms with van der Waals surface area (Å²) in [6.07, 6.45) is 1.82. The maximum absolute atomic E-state index is 12.9. The molecule has 0 atom stereocenters. The van der Waals surface area contributed by atoms with Gasteiger partial charge in [0.2, 0.25) is 0 Å². The van der Waals surface area contributed by atoms with E-state index in [4.69, 9.17) is 0 Å². The van der Waals surface area contributed by atoms with Crippen molar-refractivity contribution < 1.29 is 4.79 Å². The van der Waals surface area contributed by atoms with Crippen molar-refractivity contribution in [1.29, 1.82) is 0 Å². The molecule has 2 N–H and O–H groups in total. The largest absolute Gasteiger partial charge is 0.360 e. The normalized spacial score (nSPS) is 14.8. The minimum Gasteiger partial charge on any atom is -0.360 e. The first-order chi connectivity index (χ1) is 13.3. The number of rotatable bonds is 3. The average molecular weight is 377 g/mol. The molecule has 1 fully saturated rings. The third kappa shape index (κ3) is 2.90. The first kappa shape index (κ1) is 16.1. The molecule has 4 aromatic rings. The van der Waals surface area contributed by atoms with Crippen LogP contribution in [0.2, 0.25) is 0 Å². The summed E-state index contributed by atoms with van der Waals surface area (Å²) in [5, 5.41) is 10.6. The van der Waals surface area contributed by atoms with Crippen LogP contribution in [0, 0.1) is 0 Å². The molecule has 7 heteroatoms. The van der Waals surface area contributed by atoms with Crippen molar-refractivity contribution in [3.63, 3.8) is 0 Å². The van der Waals surface area contributed by atoms with Gasteiger partial charge in [-0.15, -0.1) is 11.3 Å². The molecule has 5 rings (SSSR count). The van der Waals surface area contributed by atoms with Crippen molar-refractivity contribution in [3.8, 4) is 10.6 Å². The Hall–Kier alpha value is -3.06. The van der Waals surface area contributed by atoms with E-state index in [9.17, 15) is 4.79 Å². The van der Waals surface area contributed by atoms with Crippen LogP contribution in [-0.2, 0) is 0 Å². The van der Waals surface area contributed by atoms with Crippen molar-refractivity contribution in [2.24, 2.45) is 0 Å². The van der Waals surface area contributed by atoms with Crippen LogP contribution in [0.5, 0.6) is 0 Å². The van der Waals surface area contributed by atoms with Gasteiger partial charge in [-0.05, 0) is 17.5 Å². The van der Waals surface area contributed by atoms with E-state index in [1.54, 1.807) is 11.3 Å². The molecule has 27 heavy (non-hydrogen) atoms. The number of hydrogen-bond donors (Lipinski definition) is 2. The second-order valence-electron chi connectivity index (χ2n) is 6.64. The Bertz CT molecular complexity index is 1070. The number of aromatic amines is 2. The predicted octanol–water partition coefficient (Wildman–Crippen LogP) is 3.58. The Morgan fingerprint density at radius 2 is 1.93 bits per heavy atom. The summed E-state index contributed by atoms with van der Waals surface area (Å²) in [4.78, 5) is 21.5. The lowest BCUT2D eigenvalue weighted by molar-refractivity contribution is 0.0748. The summed E-state index contributed by atoms with van der Waals surface area (Å²) < 4.78 is 0. The number of aromatic nitrogens is 3. The number of para-hydroxylation sites is 1. The molecular weight excluding hydrogens is 358 g/mol. The molecule has 136 valence electrons. The zero-order chi connectivity index (χ0) is 18.2. The summed E-state index contributed by atoms with van der Waals surface area (Å²) in [7, 11) is 0. The maximum atomic E-state index is 12.9. The molecule has 1 aliphatic rings. The number of carbonyl (C=O) groups is 1. The highest BCUT2D eigenvalue weighted by atomic mass is 32.1. The number of amides is 1. The fourth-order valence-corrected chi connectivity index (χ4v) is 4.28. The second kappa shape index (κ2) is 6.59. The number of hydrogen-bond acceptors (Lipinski definition) is 4. The minimum absolute atomic E-state index is 0.0911. The Labute approximate surface area is 160 Å². The van der Waals surface area contributed by atoms with Crippen molar-refractivity contribution in [1.82, 2.24) is 20.1 Å². The van der Waals surface area contributed by atoms with Gasteiger partial charge in [-0.25, -0.2) is 0 Å². The lowest BCUT2D eigenvalue weighted by Crippen LogP contribution is -2.48. The summed E-state index contributed by atoms with van der Waals surface area (Å²) in [6.45, 7) is 2.95. The highest BCUT2D eigenvalue weighted by Crippen LogP contribution is 2.26. The highest BCUT2D eigenvalue weighted by molar-refractivity contribution is 7.13. The molecule has 0 spiro atoms. The number of carbonyl (C=O) groups excluding carboxylic acids is 1. The third-order valence-corrected chi connectivity index (χ3v) is 5.96. The number of nitrogens with one attached hydrogen (secondary N) is 2. The number of benzene rings is 1. The molecule has 6 nitrogen and oxygen atoms in total. The Morgan fingerprint density at radius 3 is 2.74 bits per heavy atom. The third-order valence-electron chi connectivity index (χ3n) is 5.06. The first-order valence-electron chi connectivity index (χ1n) is 8.99. The van der Waals surface area contributed by atoms with E-state index in [0.717, 1.165) is 41.1 Å². The van der Waals surface area contributed by atoms with Crippen LogP contribution >= 0.6 is 11.3 Å². The van der Waals surface area contributed by atoms with Gasteiger partial charge >= 0.3 is 0 Å². The van der Waals surface area contributed by atoms with Gasteiger partial charge in [-0.3, -0.25) is 9.89 Å². The molecule has 0 aliphatic carbocycles. The number of thiophene rings is 1. The topological polar surface area (TPSA) is 68.0 Å². The fraction of sp³-hybridized carbons (Fsp3) is 0.200. The van der Waals surface area contributed by atoms with Crippen molar-refractivity contribution in [2.75, 3.05) is 31.1 Å². The van der Waals surface area contributed by atoms with Crippen LogP contribution < -0.4 is 4.90 Å². The molecular formula is C20H19N5OS. The molecule has 1 aliphatic heterocycles. The molecule has 4 heterocycles. The van der Waals surface area contributed by atoms with E-state index in [1.165, 1.54) is 4.88 Å². The van der Waals surface area contributed by atoms with Crippen molar-refractivity contribution >= 4 is 34.0 Å². The number of H-pyrrole nitrogens is 2. The van der Waals surface area contributed by atoms with E-state index in [0.29, 0.717) is 13.1 Å². The van der Waals surface area contributed by atoms with Crippen LogP contribution in [0.4, 0.5) is 5.82 Å². The van der Waals surface area contributed by atoms with Crippen LogP contribution in [-0.4, -0.2) is 52.2 Å². The molecule has 0 unspecified atom stereocenters. The van der Waals surface area contributed by atoms with E-state index in [2.05, 4.69) is 37.6 Å². The first-order valence-corrected chi connectivity index (χ1v) is 9.87. The molecule has 0 saturated carbocycles. The summed E-state index contributed by atoms with van der Waals surface area (Å²) in [6, 6.07) is 14.1. The second-order valence-corrected chi connectivity index (χ2v) is 7.59. The van der Waals surface area contributed by atoms with E-state index in [-0.39, 0.29) is 5.91 Å². The summed E-state index contributed by atoms with van der Waals surface area (Å²) in [5.41, 5.74) is 2.79. The zero-order valence-electron chi connectivity index (χ0n) is 14.7. The SMILES string of the molecule is O=C(c1c[nH]c2ccccc12)N1CCN(c2cc(-c3cccs3)[nH]n2)CC1. The van der Waals surface area contributed by atoms with Crippen LogP contribution in [0.3, 0.4) is 0 Å². The molecule has 0 bridgehead atoms. The highest BCUT2D eigenvalue weighted by Gasteiger charge is 2.25. The maximum Gasteiger partial charge on any atom is 0.256 e. The number of nitrogens with zero attached hydrogens (tertiary/aromatic N) is 3.